The fraction of sp³-hybridized carbons (Fsp3) is 0.583. The van der Waals surface area contributed by atoms with Crippen molar-refractivity contribution in [3.8, 4) is 0 Å². The Morgan fingerprint density at radius 1 is 1.31 bits per heavy atom. The van der Waals surface area contributed by atoms with E-state index in [9.17, 15) is 5.11 Å². The summed E-state index contributed by atoms with van der Waals surface area (Å²) in [6.45, 7) is 0.00546. The molecule has 0 atom stereocenters. The van der Waals surface area contributed by atoms with E-state index in [1.54, 1.807) is 12.3 Å². The zero-order chi connectivity index (χ0) is 10.7. The number of hydrogen-bond acceptors (Lipinski definition) is 3. The quantitative estimate of drug-likeness (QED) is 0.838. The molecule has 0 saturated heterocycles. The average molecular weight is 243 g/mol. The van der Waals surface area contributed by atoms with Crippen molar-refractivity contribution in [1.29, 1.82) is 0 Å². The summed E-state index contributed by atoms with van der Waals surface area (Å²) >= 11 is 0. The SMILES string of the molecule is Cl.Nc1ccnc(C2CCCCC2)c1CO. The fourth-order valence-electron chi connectivity index (χ4n) is 2.42. The minimum absolute atomic E-state index is 0. The first-order valence-corrected chi connectivity index (χ1v) is 5.67. The highest BCUT2D eigenvalue weighted by atomic mass is 35.5. The summed E-state index contributed by atoms with van der Waals surface area (Å²) in [5, 5.41) is 9.31. The molecular formula is C12H19ClN2O. The van der Waals surface area contributed by atoms with Gasteiger partial charge in [0, 0.05) is 23.4 Å². The van der Waals surface area contributed by atoms with Crippen molar-refractivity contribution in [2.75, 3.05) is 5.73 Å². The van der Waals surface area contributed by atoms with Gasteiger partial charge in [0.05, 0.1) is 12.3 Å². The number of hydrogen-bond donors (Lipinski definition) is 2. The number of nitrogens with zero attached hydrogens (tertiary/aromatic N) is 1. The van der Waals surface area contributed by atoms with Crippen LogP contribution in [-0.2, 0) is 6.61 Å². The van der Waals surface area contributed by atoms with E-state index in [0.717, 1.165) is 11.3 Å². The fourth-order valence-corrected chi connectivity index (χ4v) is 2.42. The van der Waals surface area contributed by atoms with Crippen molar-refractivity contribution in [3.63, 3.8) is 0 Å². The van der Waals surface area contributed by atoms with Gasteiger partial charge in [-0.25, -0.2) is 0 Å². The smallest absolute Gasteiger partial charge is 0.0720 e. The number of aromatic nitrogens is 1. The first-order chi connectivity index (χ1) is 7.33. The lowest BCUT2D eigenvalue weighted by atomic mass is 9.85. The number of aliphatic hydroxyl groups excluding tert-OH is 1. The third-order valence-electron chi connectivity index (χ3n) is 3.28. The zero-order valence-corrected chi connectivity index (χ0v) is 10.2. The highest BCUT2D eigenvalue weighted by Crippen LogP contribution is 2.34. The van der Waals surface area contributed by atoms with Crippen LogP contribution >= 0.6 is 12.4 Å². The van der Waals surface area contributed by atoms with Crippen LogP contribution in [0.1, 0.15) is 49.3 Å². The molecule has 3 nitrogen and oxygen atoms in total. The summed E-state index contributed by atoms with van der Waals surface area (Å²) in [7, 11) is 0. The molecule has 1 aromatic rings. The van der Waals surface area contributed by atoms with Crippen LogP contribution in [0.3, 0.4) is 0 Å². The van der Waals surface area contributed by atoms with Gasteiger partial charge in [-0.05, 0) is 18.9 Å². The highest BCUT2D eigenvalue weighted by Gasteiger charge is 2.20. The van der Waals surface area contributed by atoms with E-state index in [-0.39, 0.29) is 19.0 Å². The van der Waals surface area contributed by atoms with Gasteiger partial charge in [0.15, 0.2) is 0 Å². The van der Waals surface area contributed by atoms with Gasteiger partial charge in [-0.15, -0.1) is 12.4 Å². The second-order valence-electron chi connectivity index (χ2n) is 4.26. The molecule has 16 heavy (non-hydrogen) atoms. The first-order valence-electron chi connectivity index (χ1n) is 5.67. The monoisotopic (exact) mass is 242 g/mol. The lowest BCUT2D eigenvalue weighted by Crippen LogP contribution is -2.11. The molecule has 1 aliphatic rings. The Balaban J connectivity index is 0.00000128. The van der Waals surface area contributed by atoms with Gasteiger partial charge in [0.2, 0.25) is 0 Å². The Labute approximate surface area is 102 Å². The molecule has 4 heteroatoms. The summed E-state index contributed by atoms with van der Waals surface area (Å²) in [6, 6.07) is 1.76. The third kappa shape index (κ3) is 2.66. The van der Waals surface area contributed by atoms with E-state index in [2.05, 4.69) is 4.98 Å². The van der Waals surface area contributed by atoms with Crippen molar-refractivity contribution >= 4 is 18.1 Å². The number of anilines is 1. The normalized spacial score (nSPS) is 16.8. The zero-order valence-electron chi connectivity index (χ0n) is 9.35. The van der Waals surface area contributed by atoms with Crippen molar-refractivity contribution < 1.29 is 5.11 Å². The molecule has 90 valence electrons. The maximum atomic E-state index is 9.31. The van der Waals surface area contributed by atoms with Crippen LogP contribution in [0, 0.1) is 0 Å². The number of halogens is 1. The molecule has 0 unspecified atom stereocenters. The van der Waals surface area contributed by atoms with Crippen molar-refractivity contribution in [3.05, 3.63) is 23.5 Å². The summed E-state index contributed by atoms with van der Waals surface area (Å²) in [4.78, 5) is 4.39. The summed E-state index contributed by atoms with van der Waals surface area (Å²) in [5.74, 6) is 0.504. The summed E-state index contributed by atoms with van der Waals surface area (Å²) in [6.07, 6.45) is 7.98. The topological polar surface area (TPSA) is 59.1 Å². The number of nitrogen functional groups attached to an aromatic ring is 1. The lowest BCUT2D eigenvalue weighted by molar-refractivity contribution is 0.278. The molecule has 0 amide bonds. The average Bonchev–Trinajstić information content (AvgIpc) is 2.30. The predicted molar refractivity (Wildman–Crippen MR) is 67.6 cm³/mol. The molecule has 1 saturated carbocycles. The maximum Gasteiger partial charge on any atom is 0.0720 e. The molecule has 0 bridgehead atoms. The van der Waals surface area contributed by atoms with Crippen LogP contribution in [0.4, 0.5) is 5.69 Å². The van der Waals surface area contributed by atoms with Gasteiger partial charge in [0.25, 0.3) is 0 Å². The third-order valence-corrected chi connectivity index (χ3v) is 3.28. The van der Waals surface area contributed by atoms with E-state index in [0.29, 0.717) is 11.6 Å². The maximum absolute atomic E-state index is 9.31. The Kier molecular flexibility index (Phi) is 5.03. The molecule has 0 aliphatic heterocycles. The van der Waals surface area contributed by atoms with Crippen molar-refractivity contribution in [2.24, 2.45) is 0 Å². The van der Waals surface area contributed by atoms with E-state index >= 15 is 0 Å². The molecule has 3 N–H and O–H groups in total. The van der Waals surface area contributed by atoms with E-state index in [4.69, 9.17) is 5.73 Å². The minimum atomic E-state index is 0. The molecule has 2 rings (SSSR count). The van der Waals surface area contributed by atoms with Gasteiger partial charge >= 0.3 is 0 Å². The lowest BCUT2D eigenvalue weighted by Gasteiger charge is -2.23. The number of rotatable bonds is 2. The Morgan fingerprint density at radius 2 is 2.00 bits per heavy atom. The van der Waals surface area contributed by atoms with Crippen LogP contribution < -0.4 is 5.73 Å². The van der Waals surface area contributed by atoms with E-state index < -0.39 is 0 Å². The van der Waals surface area contributed by atoms with Gasteiger partial charge in [-0.1, -0.05) is 19.3 Å². The van der Waals surface area contributed by atoms with Crippen molar-refractivity contribution in [1.82, 2.24) is 4.98 Å². The minimum Gasteiger partial charge on any atom is -0.398 e. The van der Waals surface area contributed by atoms with Gasteiger partial charge in [-0.2, -0.15) is 0 Å². The molecule has 1 aromatic heterocycles. The molecule has 0 radical (unpaired) electrons. The summed E-state index contributed by atoms with van der Waals surface area (Å²) in [5.41, 5.74) is 8.38. The number of aliphatic hydroxyl groups is 1. The number of pyridine rings is 1. The van der Waals surface area contributed by atoms with E-state index in [1.165, 1.54) is 32.1 Å². The molecule has 0 aromatic carbocycles. The molecule has 1 heterocycles. The first kappa shape index (κ1) is 13.3. The largest absolute Gasteiger partial charge is 0.398 e. The number of nitrogens with two attached hydrogens (primary N) is 1. The van der Waals surface area contributed by atoms with Crippen LogP contribution in [0.15, 0.2) is 12.3 Å². The van der Waals surface area contributed by atoms with Crippen LogP contribution in [0.5, 0.6) is 0 Å². The van der Waals surface area contributed by atoms with Gasteiger partial charge < -0.3 is 10.8 Å². The van der Waals surface area contributed by atoms with Gasteiger partial charge in [-0.3, -0.25) is 4.98 Å². The van der Waals surface area contributed by atoms with Crippen LogP contribution in [0.2, 0.25) is 0 Å². The second kappa shape index (κ2) is 6.06. The van der Waals surface area contributed by atoms with E-state index in [1.807, 2.05) is 0 Å². The Hall–Kier alpha value is -0.800. The molecular weight excluding hydrogens is 224 g/mol. The highest BCUT2D eigenvalue weighted by molar-refractivity contribution is 5.85. The second-order valence-corrected chi connectivity index (χ2v) is 4.26. The molecule has 1 fully saturated rings. The standard InChI is InChI=1S/C12H18N2O.ClH/c13-11-6-7-14-12(10(11)8-15)9-4-2-1-3-5-9;/h6-7,9,15H,1-5,8H2,(H2,13,14);1H. The van der Waals surface area contributed by atoms with Gasteiger partial charge in [0.1, 0.15) is 0 Å². The Morgan fingerprint density at radius 3 is 2.62 bits per heavy atom. The van der Waals surface area contributed by atoms with Crippen molar-refractivity contribution in [2.45, 2.75) is 44.6 Å². The molecule has 1 aliphatic carbocycles. The summed E-state index contributed by atoms with van der Waals surface area (Å²) < 4.78 is 0. The molecule has 0 spiro atoms. The Bertz CT molecular complexity index is 338. The predicted octanol–water partition coefficient (Wildman–Crippen LogP) is 2.63. The van der Waals surface area contributed by atoms with Crippen LogP contribution in [-0.4, -0.2) is 10.1 Å². The van der Waals surface area contributed by atoms with Crippen LogP contribution in [0.25, 0.3) is 0 Å².